The number of carboxylic acid groups (broad SMARTS) is 1. The minimum absolute atomic E-state index is 0.0714. The van der Waals surface area contributed by atoms with Crippen molar-refractivity contribution in [2.75, 3.05) is 5.32 Å². The summed E-state index contributed by atoms with van der Waals surface area (Å²) in [6.07, 6.45) is 2.11. The van der Waals surface area contributed by atoms with Crippen molar-refractivity contribution in [1.29, 1.82) is 0 Å². The maximum absolute atomic E-state index is 12.4. The van der Waals surface area contributed by atoms with E-state index in [1.54, 1.807) is 12.1 Å². The number of amides is 1. The molecule has 126 valence electrons. The number of hydrogen-bond donors (Lipinski definition) is 3. The van der Waals surface area contributed by atoms with Crippen molar-refractivity contribution in [2.45, 2.75) is 38.7 Å². The van der Waals surface area contributed by atoms with Gasteiger partial charge in [-0.2, -0.15) is 5.10 Å². The maximum atomic E-state index is 12.4. The number of H-pyrrole nitrogens is 1. The van der Waals surface area contributed by atoms with Gasteiger partial charge in [0, 0.05) is 11.6 Å². The highest BCUT2D eigenvalue weighted by atomic mass is 16.5. The van der Waals surface area contributed by atoms with Gasteiger partial charge in [-0.1, -0.05) is 0 Å². The SMILES string of the molecule is CC(C)Oc1ccc(C(=O)O)cc1NC(=O)c1cc(C2CC2)[nH]n1. The largest absolute Gasteiger partial charge is 0.489 e. The molecule has 3 rings (SSSR count). The zero-order chi connectivity index (χ0) is 17.3. The highest BCUT2D eigenvalue weighted by Crippen LogP contribution is 2.39. The smallest absolute Gasteiger partial charge is 0.335 e. The fraction of sp³-hybridized carbons (Fsp3) is 0.353. The van der Waals surface area contributed by atoms with Crippen LogP contribution in [0.15, 0.2) is 24.3 Å². The summed E-state index contributed by atoms with van der Waals surface area (Å²) < 4.78 is 5.63. The number of ether oxygens (including phenoxy) is 1. The topological polar surface area (TPSA) is 104 Å². The third-order valence-corrected chi connectivity index (χ3v) is 3.68. The molecule has 0 unspecified atom stereocenters. The summed E-state index contributed by atoms with van der Waals surface area (Å²) in [5.41, 5.74) is 1.61. The van der Waals surface area contributed by atoms with Crippen LogP contribution in [0.4, 0.5) is 5.69 Å². The highest BCUT2D eigenvalue weighted by Gasteiger charge is 2.26. The van der Waals surface area contributed by atoms with E-state index in [-0.39, 0.29) is 17.4 Å². The molecule has 1 aliphatic carbocycles. The van der Waals surface area contributed by atoms with Crippen molar-refractivity contribution < 1.29 is 19.4 Å². The van der Waals surface area contributed by atoms with Crippen LogP contribution < -0.4 is 10.1 Å². The molecule has 2 aromatic rings. The minimum Gasteiger partial charge on any atom is -0.489 e. The molecule has 1 fully saturated rings. The van der Waals surface area contributed by atoms with Crippen LogP contribution in [-0.2, 0) is 0 Å². The van der Waals surface area contributed by atoms with Gasteiger partial charge >= 0.3 is 5.97 Å². The fourth-order valence-electron chi connectivity index (χ4n) is 2.36. The zero-order valence-corrected chi connectivity index (χ0v) is 13.5. The molecule has 0 saturated heterocycles. The standard InChI is InChI=1S/C17H19N3O4/c1-9(2)24-15-6-5-11(17(22)23)7-13(15)18-16(21)14-8-12(19-20-14)10-3-4-10/h5-10H,3-4H2,1-2H3,(H,18,21)(H,19,20)(H,22,23). The van der Waals surface area contributed by atoms with Gasteiger partial charge in [-0.25, -0.2) is 4.79 Å². The van der Waals surface area contributed by atoms with Crippen LogP contribution in [0.2, 0.25) is 0 Å². The van der Waals surface area contributed by atoms with Crippen molar-refractivity contribution in [1.82, 2.24) is 10.2 Å². The highest BCUT2D eigenvalue weighted by molar-refractivity contribution is 6.04. The van der Waals surface area contributed by atoms with Gasteiger partial charge in [-0.3, -0.25) is 9.89 Å². The van der Waals surface area contributed by atoms with Crippen LogP contribution in [-0.4, -0.2) is 33.3 Å². The second kappa shape index (κ2) is 6.35. The normalized spacial score (nSPS) is 13.8. The van der Waals surface area contributed by atoms with Crippen molar-refractivity contribution in [3.63, 3.8) is 0 Å². The van der Waals surface area contributed by atoms with Gasteiger partial charge in [-0.05, 0) is 51.0 Å². The fourth-order valence-corrected chi connectivity index (χ4v) is 2.36. The summed E-state index contributed by atoms with van der Waals surface area (Å²) in [6, 6.07) is 6.10. The summed E-state index contributed by atoms with van der Waals surface area (Å²) >= 11 is 0. The average Bonchev–Trinajstić information content (AvgIpc) is 3.25. The molecule has 3 N–H and O–H groups in total. The molecule has 7 heteroatoms. The number of aromatic carboxylic acids is 1. The summed E-state index contributed by atoms with van der Waals surface area (Å²) in [4.78, 5) is 23.5. The van der Waals surface area contributed by atoms with E-state index in [0.29, 0.717) is 17.4 Å². The quantitative estimate of drug-likeness (QED) is 0.755. The Balaban J connectivity index is 1.83. The predicted octanol–water partition coefficient (Wildman–Crippen LogP) is 3.02. The van der Waals surface area contributed by atoms with Gasteiger partial charge < -0.3 is 15.2 Å². The number of rotatable bonds is 6. The average molecular weight is 329 g/mol. The number of aromatic amines is 1. The van der Waals surface area contributed by atoms with Crippen LogP contribution >= 0.6 is 0 Å². The first-order chi connectivity index (χ1) is 11.4. The lowest BCUT2D eigenvalue weighted by molar-refractivity contribution is 0.0696. The second-order valence-electron chi connectivity index (χ2n) is 6.12. The van der Waals surface area contributed by atoms with E-state index in [1.165, 1.54) is 12.1 Å². The molecule has 1 amide bonds. The Kier molecular flexibility index (Phi) is 4.24. The Bertz CT molecular complexity index is 778. The Morgan fingerprint density at radius 3 is 2.71 bits per heavy atom. The van der Waals surface area contributed by atoms with Gasteiger partial charge in [0.2, 0.25) is 0 Å². The predicted molar refractivity (Wildman–Crippen MR) is 87.7 cm³/mol. The number of nitrogens with one attached hydrogen (secondary N) is 2. The number of aromatic nitrogens is 2. The van der Waals surface area contributed by atoms with E-state index in [2.05, 4.69) is 15.5 Å². The van der Waals surface area contributed by atoms with Crippen LogP contribution in [0.5, 0.6) is 5.75 Å². The van der Waals surface area contributed by atoms with E-state index < -0.39 is 11.9 Å². The number of carboxylic acids is 1. The van der Waals surface area contributed by atoms with Gasteiger partial charge in [0.15, 0.2) is 5.69 Å². The van der Waals surface area contributed by atoms with Crippen molar-refractivity contribution in [3.05, 3.63) is 41.2 Å². The lowest BCUT2D eigenvalue weighted by atomic mass is 10.1. The molecule has 0 spiro atoms. The second-order valence-corrected chi connectivity index (χ2v) is 6.12. The third kappa shape index (κ3) is 3.56. The maximum Gasteiger partial charge on any atom is 0.335 e. The molecule has 0 aliphatic heterocycles. The minimum atomic E-state index is -1.07. The number of carbonyl (C=O) groups is 2. The molecule has 0 radical (unpaired) electrons. The third-order valence-electron chi connectivity index (χ3n) is 3.68. The van der Waals surface area contributed by atoms with Crippen LogP contribution in [0.1, 0.15) is 59.1 Å². The van der Waals surface area contributed by atoms with E-state index in [0.717, 1.165) is 18.5 Å². The van der Waals surface area contributed by atoms with Crippen molar-refractivity contribution >= 4 is 17.6 Å². The number of anilines is 1. The lowest BCUT2D eigenvalue weighted by Gasteiger charge is -2.15. The lowest BCUT2D eigenvalue weighted by Crippen LogP contribution is -2.15. The monoisotopic (exact) mass is 329 g/mol. The molecular formula is C17H19N3O4. The van der Waals surface area contributed by atoms with Gasteiger partial charge in [0.05, 0.1) is 17.4 Å². The van der Waals surface area contributed by atoms with E-state index in [4.69, 9.17) is 9.84 Å². The van der Waals surface area contributed by atoms with Gasteiger partial charge in [0.1, 0.15) is 5.75 Å². The van der Waals surface area contributed by atoms with Crippen LogP contribution in [0.3, 0.4) is 0 Å². The zero-order valence-electron chi connectivity index (χ0n) is 13.5. The molecule has 1 saturated carbocycles. The molecule has 7 nitrogen and oxygen atoms in total. The summed E-state index contributed by atoms with van der Waals surface area (Å²) in [7, 11) is 0. The first-order valence-electron chi connectivity index (χ1n) is 7.84. The summed E-state index contributed by atoms with van der Waals surface area (Å²) in [6.45, 7) is 3.71. The Labute approximate surface area is 139 Å². The van der Waals surface area contributed by atoms with E-state index >= 15 is 0 Å². The molecule has 24 heavy (non-hydrogen) atoms. The van der Waals surface area contributed by atoms with E-state index in [9.17, 15) is 9.59 Å². The molecule has 0 bridgehead atoms. The molecular weight excluding hydrogens is 310 g/mol. The molecule has 1 aromatic heterocycles. The number of hydrogen-bond acceptors (Lipinski definition) is 4. The molecule has 1 aromatic carbocycles. The number of nitrogens with zero attached hydrogens (tertiary/aromatic N) is 1. The Hall–Kier alpha value is -2.83. The number of carbonyl (C=O) groups excluding carboxylic acids is 1. The van der Waals surface area contributed by atoms with Crippen LogP contribution in [0.25, 0.3) is 0 Å². The molecule has 1 aliphatic rings. The van der Waals surface area contributed by atoms with E-state index in [1.807, 2.05) is 13.8 Å². The molecule has 1 heterocycles. The van der Waals surface area contributed by atoms with Crippen molar-refractivity contribution in [2.24, 2.45) is 0 Å². The summed E-state index contributed by atoms with van der Waals surface area (Å²) in [5.74, 6) is -0.595. The first kappa shape index (κ1) is 16.0. The van der Waals surface area contributed by atoms with Crippen LogP contribution in [0, 0.1) is 0 Å². The van der Waals surface area contributed by atoms with Gasteiger partial charge in [0.25, 0.3) is 5.91 Å². The summed E-state index contributed by atoms with van der Waals surface area (Å²) in [5, 5.41) is 18.7. The first-order valence-corrected chi connectivity index (χ1v) is 7.84. The number of benzene rings is 1. The Morgan fingerprint density at radius 2 is 2.08 bits per heavy atom. The molecule has 0 atom stereocenters. The van der Waals surface area contributed by atoms with Gasteiger partial charge in [-0.15, -0.1) is 0 Å². The Morgan fingerprint density at radius 1 is 1.33 bits per heavy atom. The van der Waals surface area contributed by atoms with Crippen molar-refractivity contribution in [3.8, 4) is 5.75 Å².